The SMILES string of the molecule is CCCCCCCC[n+]1ccc(N(C)C)cc1.[Cl-]. The summed E-state index contributed by atoms with van der Waals surface area (Å²) >= 11 is 0. The van der Waals surface area contributed by atoms with Gasteiger partial charge in [0.2, 0.25) is 0 Å². The Labute approximate surface area is 118 Å². The van der Waals surface area contributed by atoms with Crippen molar-refractivity contribution in [2.24, 2.45) is 0 Å². The van der Waals surface area contributed by atoms with Gasteiger partial charge in [-0.15, -0.1) is 0 Å². The highest BCUT2D eigenvalue weighted by Crippen LogP contribution is 2.07. The summed E-state index contributed by atoms with van der Waals surface area (Å²) in [4.78, 5) is 2.13. The predicted octanol–water partition coefficient (Wildman–Crippen LogP) is 0.405. The number of pyridine rings is 1. The molecule has 0 N–H and O–H groups in total. The second-order valence-corrected chi connectivity index (χ2v) is 4.96. The van der Waals surface area contributed by atoms with Crippen LogP contribution in [0.4, 0.5) is 5.69 Å². The predicted molar refractivity (Wildman–Crippen MR) is 74.3 cm³/mol. The number of anilines is 1. The van der Waals surface area contributed by atoms with Crippen molar-refractivity contribution in [3.8, 4) is 0 Å². The van der Waals surface area contributed by atoms with Crippen molar-refractivity contribution < 1.29 is 17.0 Å². The van der Waals surface area contributed by atoms with Gasteiger partial charge in [0.1, 0.15) is 6.54 Å². The zero-order valence-electron chi connectivity index (χ0n) is 12.0. The highest BCUT2D eigenvalue weighted by Gasteiger charge is 2.01. The van der Waals surface area contributed by atoms with Crippen molar-refractivity contribution >= 4 is 5.69 Å². The molecule has 104 valence electrons. The van der Waals surface area contributed by atoms with E-state index in [2.05, 4.69) is 55.0 Å². The summed E-state index contributed by atoms with van der Waals surface area (Å²) in [6.45, 7) is 3.42. The number of aryl methyl sites for hydroxylation is 1. The number of hydrogen-bond donors (Lipinski definition) is 0. The maximum absolute atomic E-state index is 2.28. The molecule has 1 heterocycles. The fourth-order valence-electron chi connectivity index (χ4n) is 1.97. The molecule has 0 bridgehead atoms. The van der Waals surface area contributed by atoms with Gasteiger partial charge in [0.05, 0.1) is 0 Å². The van der Waals surface area contributed by atoms with Gasteiger partial charge in [0, 0.05) is 38.3 Å². The maximum atomic E-state index is 2.28. The van der Waals surface area contributed by atoms with Crippen molar-refractivity contribution in [1.29, 1.82) is 0 Å². The summed E-state index contributed by atoms with van der Waals surface area (Å²) in [6, 6.07) is 4.36. The molecule has 0 saturated heterocycles. The molecule has 2 nitrogen and oxygen atoms in total. The average molecular weight is 271 g/mol. The zero-order chi connectivity index (χ0) is 12.5. The molecular weight excluding hydrogens is 244 g/mol. The van der Waals surface area contributed by atoms with Crippen molar-refractivity contribution in [1.82, 2.24) is 0 Å². The van der Waals surface area contributed by atoms with Gasteiger partial charge in [-0.05, 0) is 6.42 Å². The Bertz CT molecular complexity index is 296. The standard InChI is InChI=1S/C15H27N2.ClH/c1-4-5-6-7-8-9-12-17-13-10-15(11-14-17)16(2)3;/h10-11,13-14H,4-9,12H2,1-3H3;1H/q+1;/p-1. The lowest BCUT2D eigenvalue weighted by Gasteiger charge is -2.10. The topological polar surface area (TPSA) is 7.12 Å². The van der Waals surface area contributed by atoms with Gasteiger partial charge in [-0.25, -0.2) is 4.57 Å². The van der Waals surface area contributed by atoms with Crippen molar-refractivity contribution in [3.05, 3.63) is 24.5 Å². The Morgan fingerprint density at radius 3 is 2.06 bits per heavy atom. The van der Waals surface area contributed by atoms with Gasteiger partial charge in [-0.1, -0.05) is 32.6 Å². The Morgan fingerprint density at radius 2 is 1.50 bits per heavy atom. The first-order valence-electron chi connectivity index (χ1n) is 6.90. The Balaban J connectivity index is 0.00000289. The van der Waals surface area contributed by atoms with Crippen LogP contribution in [0.25, 0.3) is 0 Å². The number of nitrogens with zero attached hydrogens (tertiary/aromatic N) is 2. The van der Waals surface area contributed by atoms with Gasteiger partial charge < -0.3 is 17.3 Å². The van der Waals surface area contributed by atoms with Crippen LogP contribution in [-0.4, -0.2) is 14.1 Å². The normalized spacial score (nSPS) is 9.94. The molecule has 1 aromatic heterocycles. The second-order valence-electron chi connectivity index (χ2n) is 4.96. The first-order chi connectivity index (χ1) is 8.24. The van der Waals surface area contributed by atoms with Crippen LogP contribution in [0.3, 0.4) is 0 Å². The van der Waals surface area contributed by atoms with Crippen LogP contribution >= 0.6 is 0 Å². The van der Waals surface area contributed by atoms with E-state index in [-0.39, 0.29) is 12.4 Å². The van der Waals surface area contributed by atoms with E-state index in [9.17, 15) is 0 Å². The largest absolute Gasteiger partial charge is 1.00 e. The quantitative estimate of drug-likeness (QED) is 0.490. The molecule has 1 rings (SSSR count). The fourth-order valence-corrected chi connectivity index (χ4v) is 1.97. The van der Waals surface area contributed by atoms with Crippen molar-refractivity contribution in [2.75, 3.05) is 19.0 Å². The molecule has 0 aliphatic rings. The third-order valence-corrected chi connectivity index (χ3v) is 3.16. The molecule has 0 fully saturated rings. The highest BCUT2D eigenvalue weighted by atomic mass is 35.5. The maximum Gasteiger partial charge on any atom is 0.170 e. The van der Waals surface area contributed by atoms with E-state index < -0.39 is 0 Å². The molecule has 0 radical (unpaired) electrons. The number of unbranched alkanes of at least 4 members (excludes halogenated alkanes) is 5. The molecule has 1 aromatic rings. The summed E-state index contributed by atoms with van der Waals surface area (Å²) in [5.74, 6) is 0. The van der Waals surface area contributed by atoms with E-state index in [1.165, 1.54) is 44.2 Å². The molecular formula is C15H27ClN2. The summed E-state index contributed by atoms with van der Waals surface area (Å²) in [5, 5.41) is 0. The molecule has 0 aliphatic heterocycles. The van der Waals surface area contributed by atoms with E-state index in [4.69, 9.17) is 0 Å². The van der Waals surface area contributed by atoms with Gasteiger partial charge in [-0.2, -0.15) is 0 Å². The van der Waals surface area contributed by atoms with Crippen LogP contribution in [0.5, 0.6) is 0 Å². The minimum Gasteiger partial charge on any atom is -1.00 e. The molecule has 0 saturated carbocycles. The van der Waals surface area contributed by atoms with Gasteiger partial charge in [0.25, 0.3) is 0 Å². The Hall–Kier alpha value is -0.760. The zero-order valence-corrected chi connectivity index (χ0v) is 12.8. The van der Waals surface area contributed by atoms with E-state index in [0.29, 0.717) is 0 Å². The smallest absolute Gasteiger partial charge is 0.170 e. The monoisotopic (exact) mass is 270 g/mol. The minimum absolute atomic E-state index is 0. The first kappa shape index (κ1) is 17.2. The summed E-state index contributed by atoms with van der Waals surface area (Å²) in [6.07, 6.45) is 12.6. The van der Waals surface area contributed by atoms with E-state index in [1.54, 1.807) is 0 Å². The molecule has 0 spiro atoms. The molecule has 0 aromatic carbocycles. The van der Waals surface area contributed by atoms with E-state index in [0.717, 1.165) is 6.54 Å². The van der Waals surface area contributed by atoms with Gasteiger partial charge in [0.15, 0.2) is 12.4 Å². The van der Waals surface area contributed by atoms with Crippen LogP contribution in [0.15, 0.2) is 24.5 Å². The van der Waals surface area contributed by atoms with E-state index in [1.807, 2.05) is 0 Å². The number of halogens is 1. The Morgan fingerprint density at radius 1 is 0.944 bits per heavy atom. The molecule has 3 heteroatoms. The molecule has 0 aliphatic carbocycles. The van der Waals surface area contributed by atoms with Crippen LogP contribution < -0.4 is 21.9 Å². The number of rotatable bonds is 8. The fraction of sp³-hybridized carbons (Fsp3) is 0.667. The third-order valence-electron chi connectivity index (χ3n) is 3.16. The lowest BCUT2D eigenvalue weighted by atomic mass is 10.1. The molecule has 0 amide bonds. The van der Waals surface area contributed by atoms with E-state index >= 15 is 0 Å². The van der Waals surface area contributed by atoms with Gasteiger partial charge >= 0.3 is 0 Å². The summed E-state index contributed by atoms with van der Waals surface area (Å²) < 4.78 is 2.28. The van der Waals surface area contributed by atoms with Crippen molar-refractivity contribution in [2.45, 2.75) is 52.0 Å². The number of aromatic nitrogens is 1. The lowest BCUT2D eigenvalue weighted by molar-refractivity contribution is -0.697. The van der Waals surface area contributed by atoms with Gasteiger partial charge in [-0.3, -0.25) is 0 Å². The lowest BCUT2D eigenvalue weighted by Crippen LogP contribution is -3.00. The third kappa shape index (κ3) is 6.85. The second kappa shape index (κ2) is 10.2. The Kier molecular flexibility index (Phi) is 9.76. The molecule has 18 heavy (non-hydrogen) atoms. The van der Waals surface area contributed by atoms with Crippen LogP contribution in [0.1, 0.15) is 45.4 Å². The van der Waals surface area contributed by atoms with Crippen LogP contribution in [0, 0.1) is 0 Å². The van der Waals surface area contributed by atoms with Crippen LogP contribution in [-0.2, 0) is 6.54 Å². The van der Waals surface area contributed by atoms with Crippen LogP contribution in [0.2, 0.25) is 0 Å². The average Bonchev–Trinajstić information content (AvgIpc) is 2.34. The number of hydrogen-bond acceptors (Lipinski definition) is 1. The minimum atomic E-state index is 0. The molecule has 0 unspecified atom stereocenters. The highest BCUT2D eigenvalue weighted by molar-refractivity contribution is 5.41. The summed E-state index contributed by atoms with van der Waals surface area (Å²) in [5.41, 5.74) is 1.27. The summed E-state index contributed by atoms with van der Waals surface area (Å²) in [7, 11) is 4.15. The molecule has 0 atom stereocenters. The van der Waals surface area contributed by atoms with Crippen molar-refractivity contribution in [3.63, 3.8) is 0 Å². The first-order valence-corrected chi connectivity index (χ1v) is 6.90.